The molecular formula is C26H39N7O5. The first-order valence-corrected chi connectivity index (χ1v) is 12.7. The molecule has 2 rings (SSSR count). The summed E-state index contributed by atoms with van der Waals surface area (Å²) in [5.74, 6) is -3.09. The molecule has 0 saturated heterocycles. The van der Waals surface area contributed by atoms with Crippen LogP contribution in [-0.4, -0.2) is 69.5 Å². The van der Waals surface area contributed by atoms with Gasteiger partial charge in [-0.1, -0.05) is 44.2 Å². The number of amides is 3. The van der Waals surface area contributed by atoms with E-state index in [-0.39, 0.29) is 25.2 Å². The van der Waals surface area contributed by atoms with Gasteiger partial charge in [0.15, 0.2) is 0 Å². The van der Waals surface area contributed by atoms with Gasteiger partial charge in [0.25, 0.3) is 0 Å². The smallest absolute Gasteiger partial charge is 0.326 e. The summed E-state index contributed by atoms with van der Waals surface area (Å²) in [4.78, 5) is 57.9. The maximum atomic E-state index is 13.3. The number of aromatic amines is 1. The van der Waals surface area contributed by atoms with Gasteiger partial charge in [-0.3, -0.25) is 14.4 Å². The summed E-state index contributed by atoms with van der Waals surface area (Å²) in [5, 5.41) is 17.6. The highest BCUT2D eigenvalue weighted by atomic mass is 16.4. The Labute approximate surface area is 222 Å². The number of hydrogen-bond acceptors (Lipinski definition) is 7. The molecule has 0 aliphatic heterocycles. The van der Waals surface area contributed by atoms with Gasteiger partial charge in [0.2, 0.25) is 17.7 Å². The van der Waals surface area contributed by atoms with Gasteiger partial charge in [-0.05, 0) is 37.3 Å². The molecule has 0 radical (unpaired) electrons. The Morgan fingerprint density at radius 1 is 0.921 bits per heavy atom. The van der Waals surface area contributed by atoms with E-state index >= 15 is 0 Å². The summed E-state index contributed by atoms with van der Waals surface area (Å²) in [6, 6.07) is 4.82. The van der Waals surface area contributed by atoms with Crippen LogP contribution in [0, 0.1) is 5.92 Å². The van der Waals surface area contributed by atoms with Crippen LogP contribution in [0.15, 0.2) is 42.9 Å². The maximum absolute atomic E-state index is 13.3. The van der Waals surface area contributed by atoms with Gasteiger partial charge in [0.1, 0.15) is 18.1 Å². The molecule has 3 amide bonds. The lowest BCUT2D eigenvalue weighted by Crippen LogP contribution is -2.58. The van der Waals surface area contributed by atoms with E-state index in [9.17, 15) is 24.3 Å². The number of carboxylic acids is 1. The number of imidazole rings is 1. The number of unbranched alkanes of at least 4 members (excludes halogenated alkanes) is 1. The van der Waals surface area contributed by atoms with Gasteiger partial charge < -0.3 is 37.5 Å². The van der Waals surface area contributed by atoms with Crippen LogP contribution in [0.4, 0.5) is 0 Å². The van der Waals surface area contributed by atoms with Crippen LogP contribution in [0.25, 0.3) is 0 Å². The number of aliphatic carboxylic acids is 1. The van der Waals surface area contributed by atoms with Crippen LogP contribution in [-0.2, 0) is 32.0 Å². The highest BCUT2D eigenvalue weighted by Gasteiger charge is 2.31. The lowest BCUT2D eigenvalue weighted by molar-refractivity contribution is -0.142. The molecule has 2 aromatic rings. The highest BCUT2D eigenvalue weighted by molar-refractivity contribution is 5.94. The van der Waals surface area contributed by atoms with E-state index in [1.54, 1.807) is 38.1 Å². The predicted molar refractivity (Wildman–Crippen MR) is 142 cm³/mol. The van der Waals surface area contributed by atoms with Crippen molar-refractivity contribution in [3.63, 3.8) is 0 Å². The predicted octanol–water partition coefficient (Wildman–Crippen LogP) is -0.154. The third-order valence-corrected chi connectivity index (χ3v) is 6.11. The average molecular weight is 530 g/mol. The average Bonchev–Trinajstić information content (AvgIpc) is 3.40. The van der Waals surface area contributed by atoms with Crippen molar-refractivity contribution < 1.29 is 24.3 Å². The number of carbonyl (C=O) groups excluding carboxylic acids is 3. The summed E-state index contributed by atoms with van der Waals surface area (Å²) in [6.07, 6.45) is 4.53. The summed E-state index contributed by atoms with van der Waals surface area (Å²) in [5.41, 5.74) is 12.9. The summed E-state index contributed by atoms with van der Waals surface area (Å²) >= 11 is 0. The van der Waals surface area contributed by atoms with Crippen molar-refractivity contribution in [2.75, 3.05) is 6.54 Å². The number of aromatic nitrogens is 2. The molecule has 0 saturated carbocycles. The first-order chi connectivity index (χ1) is 18.1. The van der Waals surface area contributed by atoms with Gasteiger partial charge in [-0.2, -0.15) is 0 Å². The van der Waals surface area contributed by atoms with E-state index in [1.807, 2.05) is 6.07 Å². The van der Waals surface area contributed by atoms with Gasteiger partial charge in [-0.25, -0.2) is 9.78 Å². The number of nitrogens with zero attached hydrogens (tertiary/aromatic N) is 1. The molecule has 12 heteroatoms. The molecule has 0 fully saturated rings. The second-order valence-corrected chi connectivity index (χ2v) is 9.55. The minimum atomic E-state index is -1.19. The first-order valence-electron chi connectivity index (χ1n) is 12.7. The van der Waals surface area contributed by atoms with E-state index < -0.39 is 47.9 Å². The Kier molecular flexibility index (Phi) is 12.4. The third kappa shape index (κ3) is 9.94. The van der Waals surface area contributed by atoms with Crippen molar-refractivity contribution in [2.24, 2.45) is 17.4 Å². The second-order valence-electron chi connectivity index (χ2n) is 9.55. The number of rotatable bonds is 16. The van der Waals surface area contributed by atoms with Crippen molar-refractivity contribution in [1.82, 2.24) is 25.9 Å². The van der Waals surface area contributed by atoms with Crippen molar-refractivity contribution in [2.45, 2.75) is 70.1 Å². The molecule has 38 heavy (non-hydrogen) atoms. The van der Waals surface area contributed by atoms with Crippen molar-refractivity contribution in [3.8, 4) is 0 Å². The fraction of sp³-hybridized carbons (Fsp3) is 0.500. The number of hydrogen-bond donors (Lipinski definition) is 7. The Balaban J connectivity index is 2.19. The first kappa shape index (κ1) is 30.5. The van der Waals surface area contributed by atoms with Crippen LogP contribution in [0.2, 0.25) is 0 Å². The molecule has 208 valence electrons. The van der Waals surface area contributed by atoms with Gasteiger partial charge in [0.05, 0.1) is 12.4 Å². The zero-order valence-corrected chi connectivity index (χ0v) is 21.9. The topological polar surface area (TPSA) is 205 Å². The standard InChI is InChI=1S/C26H39N7O5/c1-16(2)22(28)25(36)32-20(13-18-14-29-15-30-18)24(35)31-19(10-6-7-11-27)23(34)33-21(26(37)38)12-17-8-4-3-5-9-17/h3-5,8-9,14-16,19-22H,6-7,10-13,27-28H2,1-2H3,(H,29,30)(H,31,35)(H,32,36)(H,33,34)(H,37,38). The van der Waals surface area contributed by atoms with E-state index in [0.29, 0.717) is 25.1 Å². The molecular weight excluding hydrogens is 490 g/mol. The van der Waals surface area contributed by atoms with Crippen molar-refractivity contribution in [3.05, 3.63) is 54.1 Å². The Hall–Kier alpha value is -3.77. The molecule has 0 spiro atoms. The lowest BCUT2D eigenvalue weighted by atomic mass is 10.0. The Bertz CT molecular complexity index is 1030. The van der Waals surface area contributed by atoms with E-state index in [2.05, 4.69) is 25.9 Å². The second kappa shape index (κ2) is 15.5. The molecule has 0 aliphatic carbocycles. The number of H-pyrrole nitrogens is 1. The number of nitrogens with one attached hydrogen (secondary N) is 4. The maximum Gasteiger partial charge on any atom is 0.326 e. The summed E-state index contributed by atoms with van der Waals surface area (Å²) < 4.78 is 0. The molecule has 4 unspecified atom stereocenters. The highest BCUT2D eigenvalue weighted by Crippen LogP contribution is 2.08. The molecule has 12 nitrogen and oxygen atoms in total. The lowest BCUT2D eigenvalue weighted by Gasteiger charge is -2.25. The fourth-order valence-corrected chi connectivity index (χ4v) is 3.75. The molecule has 1 heterocycles. The van der Waals surface area contributed by atoms with Crippen LogP contribution in [0.5, 0.6) is 0 Å². The molecule has 1 aromatic carbocycles. The van der Waals surface area contributed by atoms with E-state index in [1.165, 1.54) is 12.5 Å². The number of benzene rings is 1. The van der Waals surface area contributed by atoms with E-state index in [4.69, 9.17) is 11.5 Å². The quantitative estimate of drug-likeness (QED) is 0.145. The van der Waals surface area contributed by atoms with Crippen LogP contribution in [0.3, 0.4) is 0 Å². The molecule has 1 aromatic heterocycles. The van der Waals surface area contributed by atoms with Gasteiger partial charge >= 0.3 is 5.97 Å². The Morgan fingerprint density at radius 2 is 1.55 bits per heavy atom. The summed E-state index contributed by atoms with van der Waals surface area (Å²) in [6.45, 7) is 3.99. The molecule has 4 atom stereocenters. The molecule has 0 bridgehead atoms. The number of carbonyl (C=O) groups is 4. The largest absolute Gasteiger partial charge is 0.480 e. The summed E-state index contributed by atoms with van der Waals surface area (Å²) in [7, 11) is 0. The zero-order valence-electron chi connectivity index (χ0n) is 21.9. The van der Waals surface area contributed by atoms with Gasteiger partial charge in [-0.15, -0.1) is 0 Å². The van der Waals surface area contributed by atoms with Crippen LogP contribution in [0.1, 0.15) is 44.4 Å². The molecule has 0 aliphatic rings. The van der Waals surface area contributed by atoms with Crippen LogP contribution >= 0.6 is 0 Å². The minimum Gasteiger partial charge on any atom is -0.480 e. The zero-order chi connectivity index (χ0) is 28.1. The SMILES string of the molecule is CC(C)C(N)C(=O)NC(Cc1cnc[nH]1)C(=O)NC(CCCCN)C(=O)NC(Cc1ccccc1)C(=O)O. The minimum absolute atomic E-state index is 0.0803. The normalized spacial score (nSPS) is 14.2. The fourth-order valence-electron chi connectivity index (χ4n) is 3.75. The van der Waals surface area contributed by atoms with Crippen molar-refractivity contribution >= 4 is 23.7 Å². The third-order valence-electron chi connectivity index (χ3n) is 6.11. The number of carboxylic acid groups (broad SMARTS) is 1. The van der Waals surface area contributed by atoms with Crippen molar-refractivity contribution in [1.29, 1.82) is 0 Å². The Morgan fingerprint density at radius 3 is 2.13 bits per heavy atom. The number of nitrogens with two attached hydrogens (primary N) is 2. The van der Waals surface area contributed by atoms with Crippen LogP contribution < -0.4 is 27.4 Å². The van der Waals surface area contributed by atoms with E-state index in [0.717, 1.165) is 5.56 Å². The van der Waals surface area contributed by atoms with Gasteiger partial charge in [0, 0.05) is 24.7 Å². The monoisotopic (exact) mass is 529 g/mol. The molecule has 9 N–H and O–H groups in total.